The minimum absolute atomic E-state index is 0.0408. The van der Waals surface area contributed by atoms with Crippen LogP contribution in [0.1, 0.15) is 18.9 Å². The van der Waals surface area contributed by atoms with Crippen LogP contribution < -0.4 is 9.80 Å². The lowest BCUT2D eigenvalue weighted by atomic mass is 10.1. The Morgan fingerprint density at radius 1 is 1.19 bits per heavy atom. The van der Waals surface area contributed by atoms with Crippen LogP contribution in [0.25, 0.3) is 0 Å². The average molecular weight is 385 g/mol. The first-order valence-corrected chi connectivity index (χ1v) is 10.4. The molecule has 1 unspecified atom stereocenters. The molecule has 1 aromatic carbocycles. The van der Waals surface area contributed by atoms with Crippen molar-refractivity contribution in [3.8, 4) is 0 Å². The first-order valence-electron chi connectivity index (χ1n) is 9.48. The normalized spacial score (nSPS) is 20.4. The molecular weight excluding hydrogens is 360 g/mol. The van der Waals surface area contributed by atoms with Gasteiger partial charge >= 0.3 is 0 Å². The van der Waals surface area contributed by atoms with Gasteiger partial charge in [-0.05, 0) is 24.1 Å². The maximum atomic E-state index is 12.9. The molecule has 2 aliphatic rings. The van der Waals surface area contributed by atoms with Crippen molar-refractivity contribution in [1.29, 1.82) is 0 Å². The van der Waals surface area contributed by atoms with E-state index < -0.39 is 0 Å². The minimum Gasteiger partial charge on any atom is -0.345 e. The molecule has 0 aliphatic carbocycles. The van der Waals surface area contributed by atoms with Gasteiger partial charge in [0.2, 0.25) is 11.8 Å². The molecule has 0 spiro atoms. The lowest BCUT2D eigenvalue weighted by molar-refractivity contribution is -0.136. The van der Waals surface area contributed by atoms with E-state index in [1.807, 2.05) is 28.6 Å². The molecule has 27 heavy (non-hydrogen) atoms. The molecule has 2 aliphatic heterocycles. The molecule has 7 heteroatoms. The number of piperazine rings is 1. The Hall–Kier alpha value is -2.41. The van der Waals surface area contributed by atoms with E-state index in [-0.39, 0.29) is 17.7 Å². The Kier molecular flexibility index (Phi) is 5.11. The zero-order valence-corrected chi connectivity index (χ0v) is 16.3. The molecule has 2 fully saturated rings. The van der Waals surface area contributed by atoms with Gasteiger partial charge in [0.25, 0.3) is 0 Å². The number of aromatic nitrogens is 1. The van der Waals surface area contributed by atoms with E-state index in [1.165, 1.54) is 5.56 Å². The summed E-state index contributed by atoms with van der Waals surface area (Å²) < 4.78 is 0. The molecule has 2 aromatic rings. The highest BCUT2D eigenvalue weighted by atomic mass is 32.1. The molecule has 2 amide bonds. The molecule has 3 heterocycles. The van der Waals surface area contributed by atoms with Crippen molar-refractivity contribution in [1.82, 2.24) is 9.88 Å². The van der Waals surface area contributed by atoms with Crippen molar-refractivity contribution in [2.24, 2.45) is 5.92 Å². The number of rotatable bonds is 4. The summed E-state index contributed by atoms with van der Waals surface area (Å²) in [6, 6.07) is 8.07. The Morgan fingerprint density at radius 3 is 2.56 bits per heavy atom. The molecule has 142 valence electrons. The van der Waals surface area contributed by atoms with Gasteiger partial charge in [-0.2, -0.15) is 0 Å². The average Bonchev–Trinajstić information content (AvgIpc) is 3.38. The quantitative estimate of drug-likeness (QED) is 0.812. The predicted octanol–water partition coefficient (Wildman–Crippen LogP) is 2.41. The SMILES string of the molecule is CCc1ccc(N2CC(C(=O)N3CCN(c4nccs4)CC3)CC2=O)cc1. The van der Waals surface area contributed by atoms with Gasteiger partial charge < -0.3 is 14.7 Å². The minimum atomic E-state index is -0.241. The standard InChI is InChI=1S/C20H24N4O2S/c1-2-15-3-5-17(6-4-15)24-14-16(13-18(24)25)19(26)22-8-10-23(11-9-22)20-21-7-12-27-20/h3-7,12,16H,2,8-11,13-14H2,1H3. The van der Waals surface area contributed by atoms with Gasteiger partial charge in [0.15, 0.2) is 5.13 Å². The van der Waals surface area contributed by atoms with Crippen LogP contribution in [0, 0.1) is 5.92 Å². The number of aryl methyl sites for hydroxylation is 1. The summed E-state index contributed by atoms with van der Waals surface area (Å²) in [4.78, 5) is 35.6. The van der Waals surface area contributed by atoms with Crippen LogP contribution in [-0.2, 0) is 16.0 Å². The highest BCUT2D eigenvalue weighted by Crippen LogP contribution is 2.27. The van der Waals surface area contributed by atoms with Crippen LogP contribution in [0.2, 0.25) is 0 Å². The van der Waals surface area contributed by atoms with E-state index in [2.05, 4.69) is 28.9 Å². The van der Waals surface area contributed by atoms with Crippen LogP contribution in [0.3, 0.4) is 0 Å². The number of hydrogen-bond acceptors (Lipinski definition) is 5. The first-order chi connectivity index (χ1) is 13.2. The lowest BCUT2D eigenvalue weighted by Gasteiger charge is -2.35. The Labute approximate surface area is 163 Å². The monoisotopic (exact) mass is 384 g/mol. The van der Waals surface area contributed by atoms with Crippen molar-refractivity contribution in [3.63, 3.8) is 0 Å². The third kappa shape index (κ3) is 3.69. The molecule has 1 aromatic heterocycles. The fraction of sp³-hybridized carbons (Fsp3) is 0.450. The molecule has 1 atom stereocenters. The second kappa shape index (κ2) is 7.68. The van der Waals surface area contributed by atoms with Gasteiger partial charge in [-0.3, -0.25) is 9.59 Å². The van der Waals surface area contributed by atoms with Crippen molar-refractivity contribution in [2.75, 3.05) is 42.5 Å². The molecule has 6 nitrogen and oxygen atoms in total. The summed E-state index contributed by atoms with van der Waals surface area (Å²) in [5, 5.41) is 2.98. The highest BCUT2D eigenvalue weighted by Gasteiger charge is 2.38. The zero-order chi connectivity index (χ0) is 18.8. The molecule has 0 radical (unpaired) electrons. The van der Waals surface area contributed by atoms with Gasteiger partial charge in [-0.15, -0.1) is 11.3 Å². The summed E-state index contributed by atoms with van der Waals surface area (Å²) in [6.45, 7) is 5.56. The third-order valence-corrected chi connectivity index (χ3v) is 6.24. The van der Waals surface area contributed by atoms with E-state index in [0.717, 1.165) is 30.3 Å². The van der Waals surface area contributed by atoms with Crippen LogP contribution in [0.4, 0.5) is 10.8 Å². The van der Waals surface area contributed by atoms with Crippen LogP contribution in [0.15, 0.2) is 35.8 Å². The first kappa shape index (κ1) is 18.0. The maximum absolute atomic E-state index is 12.9. The highest BCUT2D eigenvalue weighted by molar-refractivity contribution is 7.13. The third-order valence-electron chi connectivity index (χ3n) is 5.41. The fourth-order valence-corrected chi connectivity index (χ4v) is 4.48. The number of nitrogens with zero attached hydrogens (tertiary/aromatic N) is 4. The number of benzene rings is 1. The van der Waals surface area contributed by atoms with Crippen molar-refractivity contribution < 1.29 is 9.59 Å². The van der Waals surface area contributed by atoms with E-state index in [1.54, 1.807) is 16.2 Å². The number of carbonyl (C=O) groups excluding carboxylic acids is 2. The number of amides is 2. The maximum Gasteiger partial charge on any atom is 0.228 e. The van der Waals surface area contributed by atoms with E-state index in [4.69, 9.17) is 0 Å². The largest absolute Gasteiger partial charge is 0.345 e. The number of hydrogen-bond donors (Lipinski definition) is 0. The van der Waals surface area contributed by atoms with Gasteiger partial charge in [0.05, 0.1) is 5.92 Å². The van der Waals surface area contributed by atoms with Crippen LogP contribution >= 0.6 is 11.3 Å². The summed E-state index contributed by atoms with van der Waals surface area (Å²) >= 11 is 1.63. The molecule has 4 rings (SSSR count). The van der Waals surface area contributed by atoms with Crippen molar-refractivity contribution >= 4 is 34.0 Å². The Balaban J connectivity index is 1.36. The summed E-state index contributed by atoms with van der Waals surface area (Å²) in [7, 11) is 0. The molecular formula is C20H24N4O2S. The molecule has 2 saturated heterocycles. The van der Waals surface area contributed by atoms with E-state index in [9.17, 15) is 9.59 Å². The van der Waals surface area contributed by atoms with Crippen LogP contribution in [-0.4, -0.2) is 54.4 Å². The lowest BCUT2D eigenvalue weighted by Crippen LogP contribution is -2.50. The summed E-state index contributed by atoms with van der Waals surface area (Å²) in [5.41, 5.74) is 2.14. The van der Waals surface area contributed by atoms with E-state index >= 15 is 0 Å². The Morgan fingerprint density at radius 2 is 1.93 bits per heavy atom. The van der Waals surface area contributed by atoms with Gasteiger partial charge in [-0.1, -0.05) is 19.1 Å². The molecule has 0 bridgehead atoms. The fourth-order valence-electron chi connectivity index (χ4n) is 3.78. The topological polar surface area (TPSA) is 56.8 Å². The predicted molar refractivity (Wildman–Crippen MR) is 107 cm³/mol. The Bertz CT molecular complexity index is 798. The van der Waals surface area contributed by atoms with Crippen LogP contribution in [0.5, 0.6) is 0 Å². The molecule has 0 saturated carbocycles. The zero-order valence-electron chi connectivity index (χ0n) is 15.5. The van der Waals surface area contributed by atoms with Crippen molar-refractivity contribution in [3.05, 3.63) is 41.4 Å². The van der Waals surface area contributed by atoms with Crippen molar-refractivity contribution in [2.45, 2.75) is 19.8 Å². The molecule has 0 N–H and O–H groups in total. The van der Waals surface area contributed by atoms with Gasteiger partial charge in [0, 0.05) is 56.4 Å². The number of carbonyl (C=O) groups is 2. The smallest absolute Gasteiger partial charge is 0.228 e. The summed E-state index contributed by atoms with van der Waals surface area (Å²) in [6.07, 6.45) is 3.09. The summed E-state index contributed by atoms with van der Waals surface area (Å²) in [5.74, 6) is -0.0939. The number of thiazole rings is 1. The van der Waals surface area contributed by atoms with Gasteiger partial charge in [-0.25, -0.2) is 4.98 Å². The second-order valence-corrected chi connectivity index (χ2v) is 7.93. The second-order valence-electron chi connectivity index (χ2n) is 7.05. The van der Waals surface area contributed by atoms with Gasteiger partial charge in [0.1, 0.15) is 0 Å². The number of anilines is 2. The van der Waals surface area contributed by atoms with E-state index in [0.29, 0.717) is 26.1 Å².